The Labute approximate surface area is 155 Å². The molecule has 1 aliphatic rings. The van der Waals surface area contributed by atoms with Gasteiger partial charge in [0.05, 0.1) is 4.90 Å². The van der Waals surface area contributed by atoms with Gasteiger partial charge in [0.2, 0.25) is 0 Å². The summed E-state index contributed by atoms with van der Waals surface area (Å²) in [4.78, 5) is 2.23. The first-order chi connectivity index (χ1) is 11.5. The van der Waals surface area contributed by atoms with Crippen LogP contribution in [-0.4, -0.2) is 39.6 Å². The van der Waals surface area contributed by atoms with Crippen LogP contribution < -0.4 is 0 Å². The van der Waals surface area contributed by atoms with Crippen molar-refractivity contribution in [1.29, 1.82) is 0 Å². The first-order valence-corrected chi connectivity index (χ1v) is 9.30. The topological polar surface area (TPSA) is 46.6 Å². The monoisotopic (exact) mass is 379 g/mol. The number of benzene rings is 2. The molecule has 0 bridgehead atoms. The lowest BCUT2D eigenvalue weighted by Crippen LogP contribution is -2.37. The Balaban J connectivity index is 0.00000225. The van der Waals surface area contributed by atoms with E-state index in [4.69, 9.17) is 4.18 Å². The highest BCUT2D eigenvalue weighted by Gasteiger charge is 2.28. The third kappa shape index (κ3) is 4.70. The molecule has 0 saturated heterocycles. The van der Waals surface area contributed by atoms with Crippen LogP contribution >= 0.6 is 12.4 Å². The Morgan fingerprint density at radius 3 is 2.32 bits per heavy atom. The summed E-state index contributed by atoms with van der Waals surface area (Å²) in [6.07, 6.45) is 1.52. The van der Waals surface area contributed by atoms with Crippen LogP contribution in [0.1, 0.15) is 11.1 Å². The molecule has 0 N–H and O–H groups in total. The summed E-state index contributed by atoms with van der Waals surface area (Å²) in [5, 5.41) is 0. The number of likely N-dealkylation sites (N-methyl/N-ethyl adjacent to an activating group) is 1. The van der Waals surface area contributed by atoms with Crippen LogP contribution in [0.5, 0.6) is 0 Å². The predicted octanol–water partition coefficient (Wildman–Crippen LogP) is 3.52. The smallest absolute Gasteiger partial charge is 0.297 e. The van der Waals surface area contributed by atoms with Gasteiger partial charge in [0.1, 0.15) is 6.10 Å². The largest absolute Gasteiger partial charge is 0.300 e. The van der Waals surface area contributed by atoms with Crippen molar-refractivity contribution in [3.05, 3.63) is 71.8 Å². The number of aryl methyl sites for hydroxylation is 1. The average molecular weight is 380 g/mol. The fourth-order valence-electron chi connectivity index (χ4n) is 2.77. The van der Waals surface area contributed by atoms with Gasteiger partial charge in [-0.2, -0.15) is 8.42 Å². The molecule has 0 radical (unpaired) electrons. The maximum absolute atomic E-state index is 12.6. The molecule has 2 aromatic rings. The minimum Gasteiger partial charge on any atom is -0.300 e. The van der Waals surface area contributed by atoms with Crippen LogP contribution in [-0.2, 0) is 14.3 Å². The summed E-state index contributed by atoms with van der Waals surface area (Å²) in [5.41, 5.74) is 2.93. The summed E-state index contributed by atoms with van der Waals surface area (Å²) in [6, 6.07) is 16.5. The molecule has 3 rings (SSSR count). The number of nitrogens with zero attached hydrogens (tertiary/aromatic N) is 1. The maximum atomic E-state index is 12.6. The predicted molar refractivity (Wildman–Crippen MR) is 102 cm³/mol. The van der Waals surface area contributed by atoms with E-state index in [-0.39, 0.29) is 17.3 Å². The molecule has 0 aromatic heterocycles. The lowest BCUT2D eigenvalue weighted by Gasteiger charge is -2.30. The van der Waals surface area contributed by atoms with Crippen LogP contribution in [0.2, 0.25) is 0 Å². The maximum Gasteiger partial charge on any atom is 0.297 e. The zero-order valence-electron chi connectivity index (χ0n) is 14.3. The third-order valence-electron chi connectivity index (χ3n) is 4.11. The summed E-state index contributed by atoms with van der Waals surface area (Å²) in [6.45, 7) is 3.23. The van der Waals surface area contributed by atoms with E-state index in [1.54, 1.807) is 24.3 Å². The zero-order valence-corrected chi connectivity index (χ0v) is 15.9. The molecule has 134 valence electrons. The molecule has 2 aromatic carbocycles. The number of rotatable bonds is 4. The Bertz CT molecular complexity index is 833. The molecule has 0 spiro atoms. The molecular formula is C19H22ClNO3S. The highest BCUT2D eigenvalue weighted by atomic mass is 35.5. The second kappa shape index (κ2) is 8.15. The lowest BCUT2D eigenvalue weighted by molar-refractivity contribution is 0.195. The van der Waals surface area contributed by atoms with Crippen molar-refractivity contribution < 1.29 is 12.6 Å². The van der Waals surface area contributed by atoms with E-state index in [0.717, 1.165) is 23.2 Å². The van der Waals surface area contributed by atoms with Gasteiger partial charge in [0.25, 0.3) is 10.1 Å². The van der Waals surface area contributed by atoms with Crippen LogP contribution in [0.4, 0.5) is 0 Å². The van der Waals surface area contributed by atoms with Gasteiger partial charge in [-0.25, -0.2) is 0 Å². The molecule has 1 heterocycles. The summed E-state index contributed by atoms with van der Waals surface area (Å²) in [5.74, 6) is 0. The highest BCUT2D eigenvalue weighted by molar-refractivity contribution is 7.86. The molecule has 4 nitrogen and oxygen atoms in total. The second-order valence-corrected chi connectivity index (χ2v) is 7.67. The minimum atomic E-state index is -3.81. The Kier molecular flexibility index (Phi) is 6.41. The quantitative estimate of drug-likeness (QED) is 0.762. The number of hydrogen-bond donors (Lipinski definition) is 0. The zero-order chi connectivity index (χ0) is 17.2. The molecule has 0 aliphatic carbocycles. The van der Waals surface area contributed by atoms with Gasteiger partial charge in [0.15, 0.2) is 0 Å². The van der Waals surface area contributed by atoms with Gasteiger partial charge in [-0.15, -0.1) is 12.4 Å². The molecule has 0 amide bonds. The molecule has 6 heteroatoms. The number of halogens is 1. The van der Waals surface area contributed by atoms with E-state index in [0.29, 0.717) is 6.54 Å². The van der Waals surface area contributed by atoms with Crippen molar-refractivity contribution in [3.8, 4) is 0 Å². The van der Waals surface area contributed by atoms with Crippen molar-refractivity contribution in [2.45, 2.75) is 17.9 Å². The van der Waals surface area contributed by atoms with Gasteiger partial charge in [-0.3, -0.25) is 9.08 Å². The van der Waals surface area contributed by atoms with Crippen molar-refractivity contribution in [2.75, 3.05) is 20.1 Å². The number of hydrogen-bond acceptors (Lipinski definition) is 4. The fourth-order valence-corrected chi connectivity index (χ4v) is 3.82. The molecular weight excluding hydrogens is 358 g/mol. The van der Waals surface area contributed by atoms with Gasteiger partial charge < -0.3 is 0 Å². The van der Waals surface area contributed by atoms with E-state index in [9.17, 15) is 8.42 Å². The SMILES string of the molecule is Cc1ccc(S(=O)(=O)OC2CN(C)CC=C2c2ccccc2)cc1.Cl. The standard InChI is InChI=1S/C19H21NO3S.ClH/c1-15-8-10-17(11-9-15)24(21,22)23-19-14-20(2)13-12-18(19)16-6-4-3-5-7-16;/h3-12,19H,13-14H2,1-2H3;1H. The van der Waals surface area contributed by atoms with Gasteiger partial charge in [-0.1, -0.05) is 54.1 Å². The highest BCUT2D eigenvalue weighted by Crippen LogP contribution is 2.27. The summed E-state index contributed by atoms with van der Waals surface area (Å²) in [7, 11) is -1.86. The minimum absolute atomic E-state index is 0. The van der Waals surface area contributed by atoms with Gasteiger partial charge in [0, 0.05) is 13.1 Å². The molecule has 1 atom stereocenters. The first kappa shape index (κ1) is 19.7. The molecule has 0 fully saturated rings. The molecule has 0 saturated carbocycles. The van der Waals surface area contributed by atoms with Crippen molar-refractivity contribution in [1.82, 2.24) is 4.90 Å². The summed E-state index contributed by atoms with van der Waals surface area (Å²) < 4.78 is 30.9. The van der Waals surface area contributed by atoms with Crippen molar-refractivity contribution in [2.24, 2.45) is 0 Å². The first-order valence-electron chi connectivity index (χ1n) is 7.90. The normalized spacial score (nSPS) is 18.3. The van der Waals surface area contributed by atoms with Crippen molar-refractivity contribution >= 4 is 28.1 Å². The Morgan fingerprint density at radius 1 is 1.04 bits per heavy atom. The molecule has 1 aliphatic heterocycles. The van der Waals surface area contributed by atoms with E-state index in [2.05, 4.69) is 0 Å². The second-order valence-electron chi connectivity index (χ2n) is 6.10. The molecule has 25 heavy (non-hydrogen) atoms. The van der Waals surface area contributed by atoms with E-state index >= 15 is 0 Å². The fraction of sp³-hybridized carbons (Fsp3) is 0.263. The van der Waals surface area contributed by atoms with E-state index < -0.39 is 16.2 Å². The van der Waals surface area contributed by atoms with Crippen molar-refractivity contribution in [3.63, 3.8) is 0 Å². The Morgan fingerprint density at radius 2 is 1.68 bits per heavy atom. The van der Waals surface area contributed by atoms with E-state index in [1.165, 1.54) is 0 Å². The van der Waals surface area contributed by atoms with Gasteiger partial charge in [-0.05, 0) is 37.2 Å². The van der Waals surface area contributed by atoms with Crippen LogP contribution in [0.25, 0.3) is 5.57 Å². The van der Waals surface area contributed by atoms with Gasteiger partial charge >= 0.3 is 0 Å². The molecule has 1 unspecified atom stereocenters. The summed E-state index contributed by atoms with van der Waals surface area (Å²) >= 11 is 0. The lowest BCUT2D eigenvalue weighted by atomic mass is 9.97. The average Bonchev–Trinajstić information content (AvgIpc) is 2.56. The Hall–Kier alpha value is -1.66. The van der Waals surface area contributed by atoms with Crippen LogP contribution in [0.15, 0.2) is 65.6 Å². The third-order valence-corrected chi connectivity index (χ3v) is 5.44. The van der Waals surface area contributed by atoms with Crippen LogP contribution in [0, 0.1) is 6.92 Å². The van der Waals surface area contributed by atoms with E-state index in [1.807, 2.05) is 55.3 Å². The van der Waals surface area contributed by atoms with Crippen LogP contribution in [0.3, 0.4) is 0 Å².